The van der Waals surface area contributed by atoms with E-state index < -0.39 is 0 Å². The Bertz CT molecular complexity index is 169. The summed E-state index contributed by atoms with van der Waals surface area (Å²) in [4.78, 5) is 0. The van der Waals surface area contributed by atoms with E-state index in [0.717, 1.165) is 0 Å². The van der Waals surface area contributed by atoms with Crippen molar-refractivity contribution in [1.82, 2.24) is 0 Å². The maximum atomic E-state index is 2.23. The van der Waals surface area contributed by atoms with Gasteiger partial charge in [0.2, 0.25) is 0 Å². The Balaban J connectivity index is 0.000001000. The molecule has 0 amide bonds. The molecule has 0 atom stereocenters. The zero-order chi connectivity index (χ0) is 7.23. The van der Waals surface area contributed by atoms with E-state index in [2.05, 4.69) is 37.3 Å². The van der Waals surface area contributed by atoms with Crippen molar-refractivity contribution in [3.05, 3.63) is 35.9 Å². The number of hydrogen-bond donors (Lipinski definition) is 0. The van der Waals surface area contributed by atoms with Gasteiger partial charge in [-0.05, 0) is 18.4 Å². The van der Waals surface area contributed by atoms with E-state index in [9.17, 15) is 0 Å². The van der Waals surface area contributed by atoms with Gasteiger partial charge in [-0.15, -0.1) is 0 Å². The molecule has 0 saturated carbocycles. The fourth-order valence-corrected chi connectivity index (χ4v) is 1.03. The molecule has 0 heterocycles. The third-order valence-electron chi connectivity index (χ3n) is 1.66. The van der Waals surface area contributed by atoms with Gasteiger partial charge in [0.25, 0.3) is 0 Å². The van der Waals surface area contributed by atoms with Crippen molar-refractivity contribution in [3.8, 4) is 0 Å². The molecule has 11 heavy (non-hydrogen) atoms. The largest absolute Gasteiger partial charge is 0.187 e. The zero-order valence-electron chi connectivity index (χ0n) is 6.51. The van der Waals surface area contributed by atoms with Crippen LogP contribution in [0.3, 0.4) is 0 Å². The first-order valence-corrected chi connectivity index (χ1v) is 3.97. The van der Waals surface area contributed by atoms with Crippen molar-refractivity contribution in [2.45, 2.75) is 26.2 Å². The average molecular weight is 164 g/mol. The van der Waals surface area contributed by atoms with Crippen molar-refractivity contribution >= 4 is 17.4 Å². The third kappa shape index (κ3) is 4.24. The minimum absolute atomic E-state index is 0. The molecule has 60 valence electrons. The average Bonchev–Trinajstić information content (AvgIpc) is 2.03. The van der Waals surface area contributed by atoms with Crippen LogP contribution < -0.4 is 0 Å². The first-order chi connectivity index (χ1) is 4.93. The Morgan fingerprint density at radius 1 is 1.09 bits per heavy atom. The lowest BCUT2D eigenvalue weighted by Crippen LogP contribution is -1.81. The standard InChI is InChI=1S/C10H14.Al.3H/c1-2-3-7-10-8-5-4-6-9-10;;;;/h4-6,8-9H,2-3,7H2,1H3;;;;. The van der Waals surface area contributed by atoms with Gasteiger partial charge < -0.3 is 0 Å². The van der Waals surface area contributed by atoms with Crippen LogP contribution >= 0.6 is 0 Å². The molecule has 0 fully saturated rings. The van der Waals surface area contributed by atoms with Gasteiger partial charge in [0.05, 0.1) is 0 Å². The van der Waals surface area contributed by atoms with Crippen molar-refractivity contribution in [1.29, 1.82) is 0 Å². The summed E-state index contributed by atoms with van der Waals surface area (Å²) in [5.41, 5.74) is 1.46. The minimum atomic E-state index is 0. The van der Waals surface area contributed by atoms with Crippen molar-refractivity contribution < 1.29 is 0 Å². The quantitative estimate of drug-likeness (QED) is 0.598. The molecule has 0 nitrogen and oxygen atoms in total. The van der Waals surface area contributed by atoms with Crippen LogP contribution in [-0.2, 0) is 6.42 Å². The molecule has 0 aromatic heterocycles. The van der Waals surface area contributed by atoms with Crippen molar-refractivity contribution in [3.63, 3.8) is 0 Å². The highest BCUT2D eigenvalue weighted by molar-refractivity contribution is 5.75. The number of rotatable bonds is 3. The van der Waals surface area contributed by atoms with E-state index in [0.29, 0.717) is 0 Å². The SMILES string of the molecule is CCCCc1ccccc1.[AlH3]. The van der Waals surface area contributed by atoms with E-state index in [1.165, 1.54) is 24.8 Å². The summed E-state index contributed by atoms with van der Waals surface area (Å²) in [7, 11) is 0. The minimum Gasteiger partial charge on any atom is -0.0654 e. The fourth-order valence-electron chi connectivity index (χ4n) is 1.03. The number of aryl methyl sites for hydroxylation is 1. The Morgan fingerprint density at radius 2 is 1.73 bits per heavy atom. The predicted octanol–water partition coefficient (Wildman–Crippen LogP) is 1.85. The van der Waals surface area contributed by atoms with Gasteiger partial charge in [0.15, 0.2) is 17.4 Å². The van der Waals surface area contributed by atoms with Crippen LogP contribution in [0.1, 0.15) is 25.3 Å². The lowest BCUT2D eigenvalue weighted by Gasteiger charge is -1.96. The van der Waals surface area contributed by atoms with Gasteiger partial charge in [-0.2, -0.15) is 0 Å². The second-order valence-electron chi connectivity index (χ2n) is 2.59. The lowest BCUT2D eigenvalue weighted by molar-refractivity contribution is 0.795. The molecule has 1 aromatic carbocycles. The maximum absolute atomic E-state index is 2.23. The Morgan fingerprint density at radius 3 is 2.27 bits per heavy atom. The van der Waals surface area contributed by atoms with Crippen LogP contribution in [0.4, 0.5) is 0 Å². The van der Waals surface area contributed by atoms with E-state index in [1.54, 1.807) is 0 Å². The summed E-state index contributed by atoms with van der Waals surface area (Å²) in [6, 6.07) is 10.6. The molecule has 0 bridgehead atoms. The van der Waals surface area contributed by atoms with Crippen molar-refractivity contribution in [2.75, 3.05) is 0 Å². The second kappa shape index (κ2) is 6.46. The molecule has 0 radical (unpaired) electrons. The molecule has 1 rings (SSSR count). The molecule has 1 aromatic rings. The maximum Gasteiger partial charge on any atom is 0.187 e. The van der Waals surface area contributed by atoms with E-state index in [-0.39, 0.29) is 17.4 Å². The summed E-state index contributed by atoms with van der Waals surface area (Å²) in [6.45, 7) is 2.23. The van der Waals surface area contributed by atoms with Gasteiger partial charge in [0.1, 0.15) is 0 Å². The molecule has 0 spiro atoms. The molecule has 0 aliphatic rings. The van der Waals surface area contributed by atoms with E-state index in [4.69, 9.17) is 0 Å². The lowest BCUT2D eigenvalue weighted by atomic mass is 10.1. The summed E-state index contributed by atoms with van der Waals surface area (Å²) in [6.07, 6.45) is 3.83. The highest BCUT2D eigenvalue weighted by atomic mass is 27.0. The van der Waals surface area contributed by atoms with Crippen LogP contribution in [0, 0.1) is 0 Å². The molecule has 0 aliphatic heterocycles. The summed E-state index contributed by atoms with van der Waals surface area (Å²) < 4.78 is 0. The highest BCUT2D eigenvalue weighted by Crippen LogP contribution is 2.03. The number of unbranched alkanes of at least 4 members (excludes halogenated alkanes) is 1. The Kier molecular flexibility index (Phi) is 6.32. The summed E-state index contributed by atoms with van der Waals surface area (Å²) in [5, 5.41) is 0. The molecule has 0 unspecified atom stereocenters. The summed E-state index contributed by atoms with van der Waals surface area (Å²) >= 11 is 0. The van der Waals surface area contributed by atoms with Crippen LogP contribution in [0.2, 0.25) is 0 Å². The highest BCUT2D eigenvalue weighted by Gasteiger charge is 1.87. The number of benzene rings is 1. The number of hydrogen-bond acceptors (Lipinski definition) is 0. The zero-order valence-corrected chi connectivity index (χ0v) is 6.51. The van der Waals surface area contributed by atoms with E-state index in [1.807, 2.05) is 0 Å². The van der Waals surface area contributed by atoms with Crippen molar-refractivity contribution in [2.24, 2.45) is 0 Å². The molecule has 0 N–H and O–H groups in total. The topological polar surface area (TPSA) is 0 Å². The van der Waals surface area contributed by atoms with Gasteiger partial charge in [-0.3, -0.25) is 0 Å². The molecule has 1 heteroatoms. The molecule has 0 aliphatic carbocycles. The first-order valence-electron chi connectivity index (χ1n) is 3.97. The van der Waals surface area contributed by atoms with Gasteiger partial charge in [-0.25, -0.2) is 0 Å². The third-order valence-corrected chi connectivity index (χ3v) is 1.66. The Labute approximate surface area is 79.8 Å². The predicted molar refractivity (Wildman–Crippen MR) is 55.0 cm³/mol. The van der Waals surface area contributed by atoms with Gasteiger partial charge in [-0.1, -0.05) is 43.7 Å². The molecular weight excluding hydrogens is 147 g/mol. The normalized spacial score (nSPS) is 8.82. The fraction of sp³-hybridized carbons (Fsp3) is 0.400. The van der Waals surface area contributed by atoms with Crippen LogP contribution in [0.25, 0.3) is 0 Å². The Hall–Kier alpha value is -0.248. The second-order valence-corrected chi connectivity index (χ2v) is 2.59. The van der Waals surface area contributed by atoms with Crippen LogP contribution in [0.15, 0.2) is 30.3 Å². The van der Waals surface area contributed by atoms with Gasteiger partial charge >= 0.3 is 0 Å². The first kappa shape index (κ1) is 10.8. The van der Waals surface area contributed by atoms with Crippen LogP contribution in [0.5, 0.6) is 0 Å². The molecule has 0 saturated heterocycles. The summed E-state index contributed by atoms with van der Waals surface area (Å²) in [5.74, 6) is 0. The van der Waals surface area contributed by atoms with E-state index >= 15 is 0 Å². The smallest absolute Gasteiger partial charge is 0.0654 e. The van der Waals surface area contributed by atoms with Crippen LogP contribution in [-0.4, -0.2) is 17.4 Å². The molecular formula is C10H17Al. The monoisotopic (exact) mass is 164 g/mol. The van der Waals surface area contributed by atoms with Gasteiger partial charge in [0, 0.05) is 0 Å².